The van der Waals surface area contributed by atoms with E-state index in [1.165, 1.54) is 10.1 Å². The first-order valence-corrected chi connectivity index (χ1v) is 9.56. The second-order valence-corrected chi connectivity index (χ2v) is 7.13. The highest BCUT2D eigenvalue weighted by Crippen LogP contribution is 2.16. The summed E-state index contributed by atoms with van der Waals surface area (Å²) in [6.07, 6.45) is 0.756. The summed E-state index contributed by atoms with van der Waals surface area (Å²) in [6.45, 7) is 3.07. The number of nitrogens with zero attached hydrogens (tertiary/aromatic N) is 3. The van der Waals surface area contributed by atoms with Crippen LogP contribution in [-0.4, -0.2) is 19.1 Å². The van der Waals surface area contributed by atoms with Gasteiger partial charge in [-0.2, -0.15) is 0 Å². The molecule has 0 bridgehead atoms. The van der Waals surface area contributed by atoms with Gasteiger partial charge in [-0.05, 0) is 36.6 Å². The van der Waals surface area contributed by atoms with Gasteiger partial charge >= 0.3 is 5.69 Å². The average molecular weight is 389 g/mol. The average Bonchev–Trinajstić information content (AvgIpc) is 3.09. The Labute approximate surface area is 167 Å². The highest BCUT2D eigenvalue weighted by Gasteiger charge is 2.17. The van der Waals surface area contributed by atoms with Crippen molar-refractivity contribution in [3.05, 3.63) is 92.4 Å². The molecule has 0 saturated carbocycles. The van der Waals surface area contributed by atoms with Crippen LogP contribution in [0.5, 0.6) is 0 Å². The van der Waals surface area contributed by atoms with Crippen LogP contribution in [0, 0.1) is 6.92 Å². The fourth-order valence-electron chi connectivity index (χ4n) is 3.48. The van der Waals surface area contributed by atoms with Gasteiger partial charge in [0.05, 0.1) is 6.54 Å². The maximum atomic E-state index is 12.6. The second-order valence-electron chi connectivity index (χ2n) is 7.13. The van der Waals surface area contributed by atoms with Gasteiger partial charge in [0.15, 0.2) is 11.2 Å². The minimum absolute atomic E-state index is 0.396. The summed E-state index contributed by atoms with van der Waals surface area (Å²) >= 11 is 0. The molecule has 2 heterocycles. The largest absolute Gasteiger partial charge is 0.378 e. The van der Waals surface area contributed by atoms with Gasteiger partial charge in [-0.25, -0.2) is 9.78 Å². The summed E-state index contributed by atoms with van der Waals surface area (Å²) in [5, 5.41) is 3.37. The van der Waals surface area contributed by atoms with E-state index >= 15 is 0 Å². The first-order chi connectivity index (χ1) is 14.0. The Morgan fingerprint density at radius 2 is 1.86 bits per heavy atom. The van der Waals surface area contributed by atoms with Gasteiger partial charge in [0.25, 0.3) is 5.56 Å². The Balaban J connectivity index is 1.73. The molecule has 0 saturated heterocycles. The Bertz CT molecular complexity index is 1270. The minimum Gasteiger partial charge on any atom is -0.378 e. The van der Waals surface area contributed by atoms with Crippen LogP contribution in [0.1, 0.15) is 17.0 Å². The molecule has 0 spiro atoms. The van der Waals surface area contributed by atoms with Crippen LogP contribution in [0.3, 0.4) is 0 Å². The topological polar surface area (TPSA) is 84.7 Å². The molecule has 0 aliphatic rings. The number of anilines is 1. The highest BCUT2D eigenvalue weighted by atomic mass is 16.2. The van der Waals surface area contributed by atoms with E-state index < -0.39 is 11.2 Å². The number of H-pyrrole nitrogens is 1. The molecule has 0 atom stereocenters. The molecule has 0 unspecified atom stereocenters. The molecule has 4 rings (SSSR count). The summed E-state index contributed by atoms with van der Waals surface area (Å²) in [5.74, 6) is 0.712. The molecule has 7 nitrogen and oxygen atoms in total. The van der Waals surface area contributed by atoms with E-state index in [1.807, 2.05) is 47.9 Å². The van der Waals surface area contributed by atoms with E-state index in [2.05, 4.69) is 33.5 Å². The van der Waals surface area contributed by atoms with Crippen LogP contribution >= 0.6 is 0 Å². The third-order valence-corrected chi connectivity index (χ3v) is 5.02. The van der Waals surface area contributed by atoms with Crippen LogP contribution in [0.2, 0.25) is 0 Å². The van der Waals surface area contributed by atoms with E-state index in [1.54, 1.807) is 7.05 Å². The predicted octanol–water partition coefficient (Wildman–Crippen LogP) is 2.59. The summed E-state index contributed by atoms with van der Waals surface area (Å²) in [5.41, 5.74) is 3.25. The van der Waals surface area contributed by atoms with Gasteiger partial charge in [-0.1, -0.05) is 42.5 Å². The molecule has 4 aromatic rings. The monoisotopic (exact) mass is 389 g/mol. The van der Waals surface area contributed by atoms with Crippen LogP contribution < -0.4 is 16.6 Å². The number of fused-ring (bicyclic) bond motifs is 1. The SMILES string of the molecule is Cc1cccc(NCc2nc3c(c(=O)[nH]c(=O)n3C)n2CCc2ccccc2)c1. The zero-order valence-electron chi connectivity index (χ0n) is 16.5. The summed E-state index contributed by atoms with van der Waals surface area (Å²) in [4.78, 5) is 31.6. The van der Waals surface area contributed by atoms with Gasteiger partial charge in [-0.15, -0.1) is 0 Å². The number of benzene rings is 2. The van der Waals surface area contributed by atoms with Crippen LogP contribution in [0.4, 0.5) is 5.69 Å². The number of hydrogen-bond acceptors (Lipinski definition) is 4. The van der Waals surface area contributed by atoms with Gasteiger partial charge < -0.3 is 9.88 Å². The first-order valence-electron chi connectivity index (χ1n) is 9.56. The third-order valence-electron chi connectivity index (χ3n) is 5.02. The van der Waals surface area contributed by atoms with Crippen molar-refractivity contribution in [3.63, 3.8) is 0 Å². The summed E-state index contributed by atoms with van der Waals surface area (Å²) in [7, 11) is 1.62. The molecule has 7 heteroatoms. The number of aromatic amines is 1. The molecule has 0 radical (unpaired) electrons. The highest BCUT2D eigenvalue weighted by molar-refractivity contribution is 5.71. The molecule has 0 aliphatic heterocycles. The number of hydrogen-bond donors (Lipinski definition) is 2. The number of rotatable bonds is 6. The lowest BCUT2D eigenvalue weighted by molar-refractivity contribution is 0.673. The first kappa shape index (κ1) is 18.7. The van der Waals surface area contributed by atoms with Crippen LogP contribution in [0.25, 0.3) is 11.2 Å². The van der Waals surface area contributed by atoms with Gasteiger partial charge in [0.2, 0.25) is 0 Å². The third kappa shape index (κ3) is 3.85. The quantitative estimate of drug-likeness (QED) is 0.531. The fourth-order valence-corrected chi connectivity index (χ4v) is 3.48. The molecule has 2 aromatic carbocycles. The maximum absolute atomic E-state index is 12.6. The lowest BCUT2D eigenvalue weighted by Gasteiger charge is -2.11. The van der Waals surface area contributed by atoms with Crippen molar-refractivity contribution in [1.82, 2.24) is 19.1 Å². The van der Waals surface area contributed by atoms with Crippen molar-refractivity contribution in [1.29, 1.82) is 0 Å². The van der Waals surface area contributed by atoms with Crippen LogP contribution in [0.15, 0.2) is 64.2 Å². The Morgan fingerprint density at radius 3 is 2.62 bits per heavy atom. The number of aryl methyl sites for hydroxylation is 4. The van der Waals surface area contributed by atoms with Gasteiger partial charge in [-0.3, -0.25) is 14.3 Å². The zero-order valence-corrected chi connectivity index (χ0v) is 16.5. The van der Waals surface area contributed by atoms with Crippen molar-refractivity contribution < 1.29 is 0 Å². The zero-order chi connectivity index (χ0) is 20.4. The van der Waals surface area contributed by atoms with E-state index in [0.29, 0.717) is 30.1 Å². The van der Waals surface area contributed by atoms with Crippen molar-refractivity contribution >= 4 is 16.9 Å². The van der Waals surface area contributed by atoms with E-state index in [0.717, 1.165) is 17.7 Å². The standard InChI is InChI=1S/C22H23N5O2/c1-15-7-6-10-17(13-15)23-14-18-24-20-19(21(28)25-22(29)26(20)2)27(18)12-11-16-8-4-3-5-9-16/h3-10,13,23H,11-12,14H2,1-2H3,(H,25,28,29). The van der Waals surface area contributed by atoms with E-state index in [9.17, 15) is 9.59 Å². The molecular formula is C22H23N5O2. The van der Waals surface area contributed by atoms with Crippen molar-refractivity contribution in [2.75, 3.05) is 5.32 Å². The Kier molecular flexibility index (Phi) is 5.03. The molecule has 2 N–H and O–H groups in total. The molecule has 0 fully saturated rings. The lowest BCUT2D eigenvalue weighted by atomic mass is 10.1. The number of nitrogens with one attached hydrogen (secondary N) is 2. The Morgan fingerprint density at radius 1 is 1.07 bits per heavy atom. The molecule has 0 aliphatic carbocycles. The van der Waals surface area contributed by atoms with Gasteiger partial charge in [0.1, 0.15) is 5.82 Å². The molecule has 2 aromatic heterocycles. The van der Waals surface area contributed by atoms with Crippen molar-refractivity contribution in [3.8, 4) is 0 Å². The van der Waals surface area contributed by atoms with E-state index in [-0.39, 0.29) is 0 Å². The van der Waals surface area contributed by atoms with Crippen molar-refractivity contribution in [2.24, 2.45) is 7.05 Å². The lowest BCUT2D eigenvalue weighted by Crippen LogP contribution is -2.29. The predicted molar refractivity (Wildman–Crippen MR) is 114 cm³/mol. The molecule has 29 heavy (non-hydrogen) atoms. The summed E-state index contributed by atoms with van der Waals surface area (Å²) < 4.78 is 3.29. The summed E-state index contributed by atoms with van der Waals surface area (Å²) in [6, 6.07) is 18.2. The molecule has 148 valence electrons. The minimum atomic E-state index is -0.464. The second kappa shape index (κ2) is 7.79. The smallest absolute Gasteiger partial charge is 0.329 e. The maximum Gasteiger partial charge on any atom is 0.329 e. The molecular weight excluding hydrogens is 366 g/mol. The van der Waals surface area contributed by atoms with E-state index in [4.69, 9.17) is 0 Å². The van der Waals surface area contributed by atoms with Gasteiger partial charge in [0, 0.05) is 19.3 Å². The van der Waals surface area contributed by atoms with Crippen molar-refractivity contribution in [2.45, 2.75) is 26.4 Å². The number of aromatic nitrogens is 4. The number of imidazole rings is 1. The van der Waals surface area contributed by atoms with Crippen LogP contribution in [-0.2, 0) is 26.6 Å². The fraction of sp³-hybridized carbons (Fsp3) is 0.227. The molecule has 0 amide bonds. The normalized spacial score (nSPS) is 11.1. The Hall–Kier alpha value is -3.61.